The molecular weight excluding hydrogens is 220 g/mol. The van der Waals surface area contributed by atoms with Crippen molar-refractivity contribution in [2.24, 2.45) is 5.10 Å². The number of nitrogens with one attached hydrogen (secondary N) is 1. The van der Waals surface area contributed by atoms with Crippen molar-refractivity contribution < 1.29 is 14.3 Å². The van der Waals surface area contributed by atoms with Crippen molar-refractivity contribution in [2.75, 3.05) is 7.11 Å². The second-order valence-corrected chi connectivity index (χ2v) is 3.60. The minimum Gasteiger partial charge on any atom is -0.497 e. The van der Waals surface area contributed by atoms with E-state index in [2.05, 4.69) is 10.5 Å². The van der Waals surface area contributed by atoms with Gasteiger partial charge in [0, 0.05) is 5.71 Å². The van der Waals surface area contributed by atoms with E-state index in [4.69, 9.17) is 9.47 Å². The molecule has 92 valence electrons. The number of nitrogens with zero attached hydrogens (tertiary/aromatic N) is 1. The van der Waals surface area contributed by atoms with Crippen LogP contribution in [0.15, 0.2) is 29.4 Å². The zero-order valence-electron chi connectivity index (χ0n) is 10.2. The zero-order valence-corrected chi connectivity index (χ0v) is 10.2. The van der Waals surface area contributed by atoms with Gasteiger partial charge in [0.25, 0.3) is 0 Å². The highest BCUT2D eigenvalue weighted by Crippen LogP contribution is 2.11. The first kappa shape index (κ1) is 13.0. The molecule has 5 nitrogen and oxygen atoms in total. The minimum atomic E-state index is -0.568. The number of methoxy groups -OCH3 is 1. The lowest BCUT2D eigenvalue weighted by molar-refractivity contribution is 0.140. The molecule has 0 spiro atoms. The lowest BCUT2D eigenvalue weighted by Gasteiger charge is -2.05. The van der Waals surface area contributed by atoms with E-state index in [0.29, 0.717) is 0 Å². The summed E-state index contributed by atoms with van der Waals surface area (Å²) in [7, 11) is 1.60. The standard InChI is InChI=1S/C12H16N2O3/c1-9(2)13-14-12(15)17-8-10-4-6-11(16-3)7-5-10/h4-7H,8H2,1-3H3,(H,14,15). The van der Waals surface area contributed by atoms with Gasteiger partial charge in [0.15, 0.2) is 0 Å². The van der Waals surface area contributed by atoms with Gasteiger partial charge >= 0.3 is 6.09 Å². The number of amides is 1. The van der Waals surface area contributed by atoms with Gasteiger partial charge in [-0.3, -0.25) is 0 Å². The fourth-order valence-electron chi connectivity index (χ4n) is 1.06. The molecule has 0 aliphatic carbocycles. The first-order valence-electron chi connectivity index (χ1n) is 5.18. The number of ether oxygens (including phenoxy) is 2. The summed E-state index contributed by atoms with van der Waals surface area (Å²) >= 11 is 0. The molecule has 0 aromatic heterocycles. The number of benzene rings is 1. The summed E-state index contributed by atoms with van der Waals surface area (Å²) in [5.74, 6) is 0.768. The molecule has 0 bridgehead atoms. The molecule has 0 heterocycles. The van der Waals surface area contributed by atoms with Gasteiger partial charge in [-0.05, 0) is 31.5 Å². The zero-order chi connectivity index (χ0) is 12.7. The molecule has 1 N–H and O–H groups in total. The third kappa shape index (κ3) is 5.01. The smallest absolute Gasteiger partial charge is 0.428 e. The molecule has 17 heavy (non-hydrogen) atoms. The average Bonchev–Trinajstić information content (AvgIpc) is 2.34. The second kappa shape index (κ2) is 6.52. The summed E-state index contributed by atoms with van der Waals surface area (Å²) in [6.07, 6.45) is -0.568. The third-order valence-electron chi connectivity index (χ3n) is 1.90. The van der Waals surface area contributed by atoms with Crippen LogP contribution in [0, 0.1) is 0 Å². The fourth-order valence-corrected chi connectivity index (χ4v) is 1.06. The highest BCUT2D eigenvalue weighted by Gasteiger charge is 2.01. The molecule has 1 amide bonds. The topological polar surface area (TPSA) is 59.9 Å². The van der Waals surface area contributed by atoms with Crippen LogP contribution >= 0.6 is 0 Å². The van der Waals surface area contributed by atoms with Crippen LogP contribution in [0.1, 0.15) is 19.4 Å². The molecule has 0 atom stereocenters. The van der Waals surface area contributed by atoms with E-state index >= 15 is 0 Å². The van der Waals surface area contributed by atoms with Crippen LogP contribution in [-0.2, 0) is 11.3 Å². The van der Waals surface area contributed by atoms with Crippen molar-refractivity contribution in [3.8, 4) is 5.75 Å². The van der Waals surface area contributed by atoms with Crippen LogP contribution in [0.3, 0.4) is 0 Å². The first-order valence-corrected chi connectivity index (χ1v) is 5.18. The molecule has 1 aromatic rings. The predicted molar refractivity (Wildman–Crippen MR) is 65.1 cm³/mol. The third-order valence-corrected chi connectivity index (χ3v) is 1.90. The Bertz CT molecular complexity index is 395. The van der Waals surface area contributed by atoms with Crippen LogP contribution in [0.2, 0.25) is 0 Å². The Kier molecular flexibility index (Phi) is 5.00. The Balaban J connectivity index is 2.39. The number of hydrogen-bond donors (Lipinski definition) is 1. The van der Waals surface area contributed by atoms with Crippen LogP contribution in [0.5, 0.6) is 5.75 Å². The average molecular weight is 236 g/mol. The van der Waals surface area contributed by atoms with E-state index < -0.39 is 6.09 Å². The van der Waals surface area contributed by atoms with Gasteiger partial charge in [-0.1, -0.05) is 12.1 Å². The van der Waals surface area contributed by atoms with E-state index in [-0.39, 0.29) is 6.61 Å². The summed E-state index contributed by atoms with van der Waals surface area (Å²) in [4.78, 5) is 11.2. The SMILES string of the molecule is COc1ccc(COC(=O)NN=C(C)C)cc1. The number of carbonyl (C=O) groups excluding carboxylic acids is 1. The van der Waals surface area contributed by atoms with Crippen molar-refractivity contribution in [2.45, 2.75) is 20.5 Å². The molecule has 0 saturated heterocycles. The van der Waals surface area contributed by atoms with Crippen molar-refractivity contribution in [1.29, 1.82) is 0 Å². The maximum atomic E-state index is 11.2. The number of hydrazone groups is 1. The number of carbonyl (C=O) groups is 1. The molecular formula is C12H16N2O3. The Labute approximate surface area is 100 Å². The highest BCUT2D eigenvalue weighted by molar-refractivity contribution is 5.80. The van der Waals surface area contributed by atoms with Gasteiger partial charge in [0.1, 0.15) is 12.4 Å². The largest absolute Gasteiger partial charge is 0.497 e. The lowest BCUT2D eigenvalue weighted by Crippen LogP contribution is -2.19. The molecule has 0 aliphatic rings. The Morgan fingerprint density at radius 2 is 1.94 bits per heavy atom. The van der Waals surface area contributed by atoms with Gasteiger partial charge in [0.2, 0.25) is 0 Å². The monoisotopic (exact) mass is 236 g/mol. The summed E-state index contributed by atoms with van der Waals surface area (Å²) in [6, 6.07) is 7.29. The Morgan fingerprint density at radius 3 is 2.47 bits per heavy atom. The Hall–Kier alpha value is -2.04. The van der Waals surface area contributed by atoms with E-state index in [1.807, 2.05) is 24.3 Å². The van der Waals surface area contributed by atoms with Crippen LogP contribution in [0.25, 0.3) is 0 Å². The molecule has 0 fully saturated rings. The van der Waals surface area contributed by atoms with Crippen molar-refractivity contribution in [1.82, 2.24) is 5.43 Å². The van der Waals surface area contributed by atoms with Gasteiger partial charge < -0.3 is 9.47 Å². The normalized spacial score (nSPS) is 9.35. The molecule has 0 saturated carbocycles. The summed E-state index contributed by atoms with van der Waals surface area (Å²) in [6.45, 7) is 3.77. The lowest BCUT2D eigenvalue weighted by atomic mass is 10.2. The second-order valence-electron chi connectivity index (χ2n) is 3.60. The predicted octanol–water partition coefficient (Wildman–Crippen LogP) is 2.32. The van der Waals surface area contributed by atoms with Gasteiger partial charge in [-0.25, -0.2) is 10.2 Å². The van der Waals surface area contributed by atoms with Crippen molar-refractivity contribution in [3.05, 3.63) is 29.8 Å². The molecule has 0 aliphatic heterocycles. The van der Waals surface area contributed by atoms with Crippen molar-refractivity contribution in [3.63, 3.8) is 0 Å². The van der Waals surface area contributed by atoms with E-state index in [0.717, 1.165) is 17.0 Å². The van der Waals surface area contributed by atoms with Crippen molar-refractivity contribution >= 4 is 11.8 Å². The molecule has 1 aromatic carbocycles. The van der Waals surface area contributed by atoms with Gasteiger partial charge in [0.05, 0.1) is 7.11 Å². The van der Waals surface area contributed by atoms with Crippen LogP contribution in [-0.4, -0.2) is 18.9 Å². The summed E-state index contributed by atoms with van der Waals surface area (Å²) in [5.41, 5.74) is 3.92. The van der Waals surface area contributed by atoms with Gasteiger partial charge in [-0.15, -0.1) is 0 Å². The number of hydrogen-bond acceptors (Lipinski definition) is 4. The highest BCUT2D eigenvalue weighted by atomic mass is 16.6. The fraction of sp³-hybridized carbons (Fsp3) is 0.333. The van der Waals surface area contributed by atoms with E-state index in [1.54, 1.807) is 21.0 Å². The van der Waals surface area contributed by atoms with E-state index in [9.17, 15) is 4.79 Å². The van der Waals surface area contributed by atoms with Gasteiger partial charge in [-0.2, -0.15) is 5.10 Å². The quantitative estimate of drug-likeness (QED) is 0.644. The minimum absolute atomic E-state index is 0.202. The van der Waals surface area contributed by atoms with Crippen LogP contribution < -0.4 is 10.2 Å². The molecule has 5 heteroatoms. The molecule has 0 radical (unpaired) electrons. The maximum Gasteiger partial charge on any atom is 0.428 e. The molecule has 1 rings (SSSR count). The maximum absolute atomic E-state index is 11.2. The molecule has 0 unspecified atom stereocenters. The van der Waals surface area contributed by atoms with Crippen LogP contribution in [0.4, 0.5) is 4.79 Å². The summed E-state index contributed by atoms with van der Waals surface area (Å²) in [5, 5.41) is 3.74. The van der Waals surface area contributed by atoms with E-state index in [1.165, 1.54) is 0 Å². The summed E-state index contributed by atoms with van der Waals surface area (Å²) < 4.78 is 9.98. The first-order chi connectivity index (χ1) is 8.11. The number of rotatable bonds is 4. The Morgan fingerprint density at radius 1 is 1.29 bits per heavy atom.